The summed E-state index contributed by atoms with van der Waals surface area (Å²) in [6.45, 7) is 2.23. The maximum absolute atomic E-state index is 12.2. The Labute approximate surface area is 137 Å². The predicted molar refractivity (Wildman–Crippen MR) is 87.9 cm³/mol. The molecule has 1 aromatic carbocycles. The summed E-state index contributed by atoms with van der Waals surface area (Å²) in [6.07, 6.45) is 3.10. The molecule has 0 aliphatic heterocycles. The highest BCUT2D eigenvalue weighted by Gasteiger charge is 2.28. The van der Waals surface area contributed by atoms with Gasteiger partial charge in [-0.25, -0.2) is 0 Å². The van der Waals surface area contributed by atoms with E-state index in [1.807, 2.05) is 6.92 Å². The molecule has 1 aromatic rings. The maximum atomic E-state index is 12.2. The van der Waals surface area contributed by atoms with Gasteiger partial charge in [0, 0.05) is 11.7 Å². The first-order chi connectivity index (χ1) is 10.1. The first-order valence-electron chi connectivity index (χ1n) is 7.43. The lowest BCUT2D eigenvalue weighted by atomic mass is 9.86. The summed E-state index contributed by atoms with van der Waals surface area (Å²) in [5, 5.41) is 3.00. The summed E-state index contributed by atoms with van der Waals surface area (Å²) in [6, 6.07) is 7.13. The quantitative estimate of drug-likeness (QED) is 0.658. The van der Waals surface area contributed by atoms with Crippen LogP contribution in [-0.4, -0.2) is 24.5 Å². The van der Waals surface area contributed by atoms with Gasteiger partial charge < -0.3 is 15.8 Å². The lowest BCUT2D eigenvalue weighted by Crippen LogP contribution is -2.39. The van der Waals surface area contributed by atoms with Crippen molar-refractivity contribution in [3.63, 3.8) is 0 Å². The Morgan fingerprint density at radius 3 is 2.45 bits per heavy atom. The van der Waals surface area contributed by atoms with E-state index >= 15 is 0 Å². The molecule has 0 atom stereocenters. The molecule has 1 aliphatic carbocycles. The number of ether oxygens (including phenoxy) is 1. The van der Waals surface area contributed by atoms with E-state index in [0.717, 1.165) is 25.7 Å². The molecule has 1 amide bonds. The number of hydrogen-bond acceptors (Lipinski definition) is 4. The second kappa shape index (κ2) is 8.63. The van der Waals surface area contributed by atoms with Crippen LogP contribution in [0, 0.1) is 5.92 Å². The Bertz CT molecular complexity index is 514. The topological polar surface area (TPSA) is 81.4 Å². The van der Waals surface area contributed by atoms with Crippen LogP contribution in [0.4, 0.5) is 5.69 Å². The van der Waals surface area contributed by atoms with Gasteiger partial charge in [0.15, 0.2) is 0 Å². The van der Waals surface area contributed by atoms with Crippen molar-refractivity contribution in [1.82, 2.24) is 5.32 Å². The second-order valence-corrected chi connectivity index (χ2v) is 5.36. The molecule has 1 fully saturated rings. The average molecular weight is 327 g/mol. The van der Waals surface area contributed by atoms with Crippen LogP contribution in [0.1, 0.15) is 43.0 Å². The van der Waals surface area contributed by atoms with Crippen LogP contribution >= 0.6 is 12.4 Å². The molecule has 22 heavy (non-hydrogen) atoms. The Balaban J connectivity index is 0.00000242. The van der Waals surface area contributed by atoms with Crippen LogP contribution in [0.3, 0.4) is 0 Å². The van der Waals surface area contributed by atoms with Gasteiger partial charge in [0.1, 0.15) is 0 Å². The minimum absolute atomic E-state index is 0. The van der Waals surface area contributed by atoms with Crippen LogP contribution < -0.4 is 11.1 Å². The predicted octanol–water partition coefficient (Wildman–Crippen LogP) is 2.54. The van der Waals surface area contributed by atoms with Crippen molar-refractivity contribution in [3.8, 4) is 0 Å². The van der Waals surface area contributed by atoms with Crippen molar-refractivity contribution in [2.45, 2.75) is 38.6 Å². The highest BCUT2D eigenvalue weighted by atomic mass is 35.5. The Kier molecular flexibility index (Phi) is 7.18. The monoisotopic (exact) mass is 326 g/mol. The largest absolute Gasteiger partial charge is 0.466 e. The van der Waals surface area contributed by atoms with Gasteiger partial charge >= 0.3 is 5.97 Å². The molecule has 6 heteroatoms. The third-order valence-electron chi connectivity index (χ3n) is 3.89. The maximum Gasteiger partial charge on any atom is 0.308 e. The number of nitrogens with one attached hydrogen (secondary N) is 1. The van der Waals surface area contributed by atoms with Gasteiger partial charge in [-0.05, 0) is 44.7 Å². The first kappa shape index (κ1) is 18.3. The molecule has 5 nitrogen and oxygen atoms in total. The van der Waals surface area contributed by atoms with E-state index < -0.39 is 0 Å². The molecule has 0 radical (unpaired) electrons. The number of halogens is 1. The van der Waals surface area contributed by atoms with Crippen LogP contribution in [-0.2, 0) is 9.53 Å². The highest BCUT2D eigenvalue weighted by molar-refractivity contribution is 5.99. The summed E-state index contributed by atoms with van der Waals surface area (Å²) in [4.78, 5) is 23.8. The van der Waals surface area contributed by atoms with Crippen molar-refractivity contribution in [2.75, 3.05) is 12.3 Å². The van der Waals surface area contributed by atoms with E-state index in [-0.39, 0.29) is 36.2 Å². The van der Waals surface area contributed by atoms with Crippen molar-refractivity contribution in [1.29, 1.82) is 0 Å². The smallest absolute Gasteiger partial charge is 0.308 e. The molecular weight excluding hydrogens is 304 g/mol. The molecule has 3 N–H and O–H groups in total. The van der Waals surface area contributed by atoms with E-state index in [1.165, 1.54) is 0 Å². The third kappa shape index (κ3) is 4.63. The highest BCUT2D eigenvalue weighted by Crippen LogP contribution is 2.25. The first-order valence-corrected chi connectivity index (χ1v) is 7.43. The van der Waals surface area contributed by atoms with Crippen molar-refractivity contribution < 1.29 is 14.3 Å². The van der Waals surface area contributed by atoms with Gasteiger partial charge in [-0.1, -0.05) is 12.1 Å². The fraction of sp³-hybridized carbons (Fsp3) is 0.500. The van der Waals surface area contributed by atoms with Crippen molar-refractivity contribution in [2.24, 2.45) is 5.92 Å². The molecule has 0 aromatic heterocycles. The lowest BCUT2D eigenvalue weighted by Gasteiger charge is -2.28. The molecule has 1 aliphatic rings. The minimum atomic E-state index is -0.146. The lowest BCUT2D eigenvalue weighted by molar-refractivity contribution is -0.149. The van der Waals surface area contributed by atoms with Crippen LogP contribution in [0.15, 0.2) is 24.3 Å². The summed E-state index contributed by atoms with van der Waals surface area (Å²) in [5.41, 5.74) is 6.79. The number of carbonyl (C=O) groups excluding carboxylic acids is 2. The van der Waals surface area contributed by atoms with Crippen molar-refractivity contribution >= 4 is 30.0 Å². The molecule has 0 unspecified atom stereocenters. The van der Waals surface area contributed by atoms with Gasteiger partial charge in [-0.2, -0.15) is 0 Å². The van der Waals surface area contributed by atoms with E-state index in [9.17, 15) is 9.59 Å². The summed E-state index contributed by atoms with van der Waals surface area (Å²) in [5.74, 6) is -0.290. The number of anilines is 1. The Hall–Kier alpha value is -1.75. The Morgan fingerprint density at radius 1 is 1.23 bits per heavy atom. The van der Waals surface area contributed by atoms with E-state index in [0.29, 0.717) is 17.9 Å². The zero-order chi connectivity index (χ0) is 15.2. The number of hydrogen-bond donors (Lipinski definition) is 2. The molecular formula is C16H23ClN2O3. The second-order valence-electron chi connectivity index (χ2n) is 5.36. The number of nitrogens with two attached hydrogens (primary N) is 1. The summed E-state index contributed by atoms with van der Waals surface area (Å²) >= 11 is 0. The number of carbonyl (C=O) groups is 2. The molecule has 0 spiro atoms. The molecule has 1 saturated carbocycles. The SMILES string of the molecule is CCOC(=O)C1CCC(NC(=O)c2ccccc2N)CC1.Cl. The number of para-hydroxylation sites is 1. The fourth-order valence-corrected chi connectivity index (χ4v) is 2.70. The number of esters is 1. The molecule has 0 heterocycles. The van der Waals surface area contributed by atoms with Crippen LogP contribution in [0.25, 0.3) is 0 Å². The van der Waals surface area contributed by atoms with E-state index in [1.54, 1.807) is 24.3 Å². The standard InChI is InChI=1S/C16H22N2O3.ClH/c1-2-21-16(20)11-7-9-12(10-8-11)18-15(19)13-5-3-4-6-14(13)17;/h3-6,11-12H,2,7-10,17H2,1H3,(H,18,19);1H. The molecule has 0 saturated heterocycles. The summed E-state index contributed by atoms with van der Waals surface area (Å²) < 4.78 is 5.04. The fourth-order valence-electron chi connectivity index (χ4n) is 2.70. The van der Waals surface area contributed by atoms with Gasteiger partial charge in [0.2, 0.25) is 0 Å². The zero-order valence-corrected chi connectivity index (χ0v) is 13.5. The van der Waals surface area contributed by atoms with Gasteiger partial charge in [0.05, 0.1) is 18.1 Å². The summed E-state index contributed by atoms with van der Waals surface area (Å²) in [7, 11) is 0. The average Bonchev–Trinajstić information content (AvgIpc) is 2.48. The van der Waals surface area contributed by atoms with Gasteiger partial charge in [0.25, 0.3) is 5.91 Å². The van der Waals surface area contributed by atoms with Gasteiger partial charge in [-0.15, -0.1) is 12.4 Å². The van der Waals surface area contributed by atoms with Crippen LogP contribution in [0.2, 0.25) is 0 Å². The normalized spacial score (nSPS) is 20.6. The number of rotatable bonds is 4. The molecule has 2 rings (SSSR count). The number of amides is 1. The third-order valence-corrected chi connectivity index (χ3v) is 3.89. The van der Waals surface area contributed by atoms with E-state index in [4.69, 9.17) is 10.5 Å². The number of nitrogen functional groups attached to an aromatic ring is 1. The molecule has 0 bridgehead atoms. The molecule has 122 valence electrons. The Morgan fingerprint density at radius 2 is 1.86 bits per heavy atom. The zero-order valence-electron chi connectivity index (χ0n) is 12.7. The van der Waals surface area contributed by atoms with Gasteiger partial charge in [-0.3, -0.25) is 9.59 Å². The van der Waals surface area contributed by atoms with E-state index in [2.05, 4.69) is 5.32 Å². The number of benzene rings is 1. The van der Waals surface area contributed by atoms with Crippen molar-refractivity contribution in [3.05, 3.63) is 29.8 Å². The van der Waals surface area contributed by atoms with Crippen LogP contribution in [0.5, 0.6) is 0 Å². The minimum Gasteiger partial charge on any atom is -0.466 e.